The van der Waals surface area contributed by atoms with Crippen LogP contribution in [0.5, 0.6) is 0 Å². The van der Waals surface area contributed by atoms with Crippen molar-refractivity contribution in [3.05, 3.63) is 42.1 Å². The van der Waals surface area contributed by atoms with Gasteiger partial charge in [0.1, 0.15) is 5.69 Å². The van der Waals surface area contributed by atoms with Crippen molar-refractivity contribution in [1.29, 1.82) is 5.26 Å². The quantitative estimate of drug-likeness (QED) is 0.536. The highest BCUT2D eigenvalue weighted by atomic mass is 32.2. The van der Waals surface area contributed by atoms with E-state index in [0.717, 1.165) is 17.3 Å². The van der Waals surface area contributed by atoms with Crippen molar-refractivity contribution in [1.82, 2.24) is 15.1 Å². The Morgan fingerprint density at radius 1 is 1.43 bits per heavy atom. The topological polar surface area (TPSA) is 136 Å². The van der Waals surface area contributed by atoms with Crippen molar-refractivity contribution in [3.8, 4) is 17.3 Å². The first-order valence-electron chi connectivity index (χ1n) is 8.35. The first-order valence-corrected chi connectivity index (χ1v) is 9.23. The fourth-order valence-corrected chi connectivity index (χ4v) is 3.42. The van der Waals surface area contributed by atoms with Crippen molar-refractivity contribution in [2.24, 2.45) is 10.2 Å². The predicted octanol–water partition coefficient (Wildman–Crippen LogP) is 0.525. The molecule has 1 saturated heterocycles. The number of carbonyl (C=O) groups is 2. The SMILES string of the molecule is N#CCCn1cc(/C=N\N=C2/NC(=O)[C@H](CC(=O)[O-])S2)c(-c2ccccc2)n1. The number of carbonyl (C=O) groups excluding carboxylic acids is 2. The molecule has 1 atom stereocenters. The van der Waals surface area contributed by atoms with Gasteiger partial charge in [0.2, 0.25) is 5.91 Å². The highest BCUT2D eigenvalue weighted by Crippen LogP contribution is 2.23. The van der Waals surface area contributed by atoms with Crippen LogP contribution in [0.2, 0.25) is 0 Å². The molecule has 10 heteroatoms. The summed E-state index contributed by atoms with van der Waals surface area (Å²) in [6.07, 6.45) is 3.22. The molecular formula is C18H15N6O3S-. The van der Waals surface area contributed by atoms with E-state index in [0.29, 0.717) is 24.2 Å². The van der Waals surface area contributed by atoms with E-state index in [1.54, 1.807) is 10.9 Å². The lowest BCUT2D eigenvalue weighted by Crippen LogP contribution is -2.31. The van der Waals surface area contributed by atoms with Gasteiger partial charge in [-0.3, -0.25) is 9.48 Å². The van der Waals surface area contributed by atoms with Gasteiger partial charge in [-0.05, 0) is 0 Å². The molecule has 0 saturated carbocycles. The van der Waals surface area contributed by atoms with Crippen LogP contribution in [0.25, 0.3) is 11.3 Å². The maximum atomic E-state index is 11.7. The molecule has 3 rings (SSSR count). The van der Waals surface area contributed by atoms with Gasteiger partial charge in [-0.2, -0.15) is 15.5 Å². The number of benzene rings is 1. The fraction of sp³-hybridized carbons (Fsp3) is 0.222. The minimum atomic E-state index is -1.30. The summed E-state index contributed by atoms with van der Waals surface area (Å²) >= 11 is 0.997. The van der Waals surface area contributed by atoms with Gasteiger partial charge in [0, 0.05) is 29.7 Å². The molecule has 2 heterocycles. The summed E-state index contributed by atoms with van der Waals surface area (Å²) in [5.41, 5.74) is 2.29. The molecule has 2 aromatic rings. The van der Waals surface area contributed by atoms with Crippen LogP contribution in [-0.2, 0) is 16.1 Å². The van der Waals surface area contributed by atoms with E-state index < -0.39 is 17.1 Å². The molecule has 1 N–H and O–H groups in total. The van der Waals surface area contributed by atoms with Crippen LogP contribution < -0.4 is 10.4 Å². The number of carboxylic acid groups (broad SMARTS) is 1. The first kappa shape index (κ1) is 19.3. The Labute approximate surface area is 164 Å². The average molecular weight is 395 g/mol. The van der Waals surface area contributed by atoms with Crippen LogP contribution in [0.4, 0.5) is 0 Å². The Morgan fingerprint density at radius 3 is 2.93 bits per heavy atom. The van der Waals surface area contributed by atoms with Crippen LogP contribution in [0.1, 0.15) is 18.4 Å². The Kier molecular flexibility index (Phi) is 6.18. The normalized spacial score (nSPS) is 17.8. The number of aromatic nitrogens is 2. The van der Waals surface area contributed by atoms with E-state index in [9.17, 15) is 14.7 Å². The number of nitrogens with zero attached hydrogens (tertiary/aromatic N) is 5. The summed E-state index contributed by atoms with van der Waals surface area (Å²) in [5, 5.41) is 33.8. The lowest BCUT2D eigenvalue weighted by molar-refractivity contribution is -0.305. The fourth-order valence-electron chi connectivity index (χ4n) is 2.51. The predicted molar refractivity (Wildman–Crippen MR) is 102 cm³/mol. The minimum Gasteiger partial charge on any atom is -0.550 e. The monoisotopic (exact) mass is 395 g/mol. The Balaban J connectivity index is 1.79. The molecule has 9 nitrogen and oxygen atoms in total. The number of nitriles is 1. The molecule has 1 aliphatic heterocycles. The third-order valence-electron chi connectivity index (χ3n) is 3.76. The van der Waals surface area contributed by atoms with Gasteiger partial charge >= 0.3 is 0 Å². The summed E-state index contributed by atoms with van der Waals surface area (Å²) in [6.45, 7) is 0.454. The highest BCUT2D eigenvalue weighted by Gasteiger charge is 2.30. The Bertz CT molecular complexity index is 977. The maximum Gasteiger partial charge on any atom is 0.239 e. The zero-order valence-corrected chi connectivity index (χ0v) is 15.4. The second-order valence-corrected chi connectivity index (χ2v) is 6.98. The zero-order chi connectivity index (χ0) is 19.9. The summed E-state index contributed by atoms with van der Waals surface area (Å²) in [6, 6.07) is 11.6. The number of amides is 1. The van der Waals surface area contributed by atoms with Crippen molar-refractivity contribution in [3.63, 3.8) is 0 Å². The van der Waals surface area contributed by atoms with E-state index in [2.05, 4.69) is 26.7 Å². The number of hydrogen-bond acceptors (Lipinski definition) is 8. The van der Waals surface area contributed by atoms with Gasteiger partial charge < -0.3 is 15.2 Å². The largest absolute Gasteiger partial charge is 0.550 e. The zero-order valence-electron chi connectivity index (χ0n) is 14.6. The van der Waals surface area contributed by atoms with Crippen LogP contribution >= 0.6 is 11.8 Å². The van der Waals surface area contributed by atoms with Crippen molar-refractivity contribution in [2.45, 2.75) is 24.6 Å². The molecule has 1 amide bonds. The summed E-state index contributed by atoms with van der Waals surface area (Å²) in [7, 11) is 0. The molecule has 28 heavy (non-hydrogen) atoms. The average Bonchev–Trinajstić information content (AvgIpc) is 3.24. The molecule has 0 bridgehead atoms. The van der Waals surface area contributed by atoms with Crippen molar-refractivity contribution >= 4 is 35.0 Å². The molecule has 142 valence electrons. The molecular weight excluding hydrogens is 380 g/mol. The highest BCUT2D eigenvalue weighted by molar-refractivity contribution is 8.15. The smallest absolute Gasteiger partial charge is 0.239 e. The number of thioether (sulfide) groups is 1. The number of carboxylic acids is 1. The second kappa shape index (κ2) is 8.96. The van der Waals surface area contributed by atoms with E-state index in [1.807, 2.05) is 30.3 Å². The Hall–Kier alpha value is -3.45. The van der Waals surface area contributed by atoms with E-state index in [-0.39, 0.29) is 11.6 Å². The van der Waals surface area contributed by atoms with E-state index in [4.69, 9.17) is 5.26 Å². The van der Waals surface area contributed by atoms with Gasteiger partial charge in [-0.1, -0.05) is 42.1 Å². The number of rotatable bonds is 7. The number of amidine groups is 1. The summed E-state index contributed by atoms with van der Waals surface area (Å²) < 4.78 is 1.67. The summed E-state index contributed by atoms with van der Waals surface area (Å²) in [5.74, 6) is -1.73. The van der Waals surface area contributed by atoms with Crippen LogP contribution in [0, 0.1) is 11.3 Å². The van der Waals surface area contributed by atoms with E-state index in [1.165, 1.54) is 6.21 Å². The standard InChI is InChI=1S/C18H16N6O3S/c19-7-4-8-24-11-13(16(23-24)12-5-2-1-3-6-12)10-20-22-18-21-17(27)14(28-18)9-15(25)26/h1-3,5-6,10-11,14H,4,8-9H2,(H,25,26)(H,21,22,27)/p-1/b20-10-/t14-/m0/s1. The molecule has 1 aromatic carbocycles. The van der Waals surface area contributed by atoms with Crippen LogP contribution in [0.15, 0.2) is 46.7 Å². The number of nitrogens with one attached hydrogen (secondary N) is 1. The number of hydrogen-bond donors (Lipinski definition) is 1. The number of aliphatic carboxylic acids is 1. The lowest BCUT2D eigenvalue weighted by Gasteiger charge is -2.04. The van der Waals surface area contributed by atoms with Crippen LogP contribution in [0.3, 0.4) is 0 Å². The molecule has 1 aliphatic rings. The second-order valence-electron chi connectivity index (χ2n) is 5.79. The molecule has 0 radical (unpaired) electrons. The van der Waals surface area contributed by atoms with Gasteiger partial charge in [0.25, 0.3) is 0 Å². The summed E-state index contributed by atoms with van der Waals surface area (Å²) in [4.78, 5) is 22.4. The van der Waals surface area contributed by atoms with E-state index >= 15 is 0 Å². The first-order chi connectivity index (χ1) is 13.6. The van der Waals surface area contributed by atoms with Gasteiger partial charge in [-0.25, -0.2) is 0 Å². The minimum absolute atomic E-state index is 0.227. The van der Waals surface area contributed by atoms with Gasteiger partial charge in [-0.15, -0.1) is 5.10 Å². The van der Waals surface area contributed by atoms with Crippen molar-refractivity contribution in [2.75, 3.05) is 0 Å². The molecule has 0 unspecified atom stereocenters. The Morgan fingerprint density at radius 2 is 2.21 bits per heavy atom. The van der Waals surface area contributed by atoms with Gasteiger partial charge in [0.05, 0.1) is 30.5 Å². The third kappa shape index (κ3) is 4.83. The molecule has 0 spiro atoms. The lowest BCUT2D eigenvalue weighted by atomic mass is 10.1. The third-order valence-corrected chi connectivity index (χ3v) is 4.84. The van der Waals surface area contributed by atoms with Crippen molar-refractivity contribution < 1.29 is 14.7 Å². The number of aryl methyl sites for hydroxylation is 1. The van der Waals surface area contributed by atoms with Crippen LogP contribution in [-0.4, -0.2) is 38.3 Å². The molecule has 1 fully saturated rings. The van der Waals surface area contributed by atoms with Gasteiger partial charge in [0.15, 0.2) is 5.17 Å². The maximum absolute atomic E-state index is 11.7. The molecule has 0 aliphatic carbocycles. The molecule has 1 aromatic heterocycles.